The average molecular weight is 241 g/mol. The van der Waals surface area contributed by atoms with E-state index in [0.717, 1.165) is 18.8 Å². The zero-order valence-corrected chi connectivity index (χ0v) is 10.6. The van der Waals surface area contributed by atoms with Gasteiger partial charge in [0.1, 0.15) is 0 Å². The van der Waals surface area contributed by atoms with Crippen LogP contribution >= 0.6 is 11.6 Å². The van der Waals surface area contributed by atoms with Crippen LogP contribution in [0.25, 0.3) is 0 Å². The SMILES string of the molecule is CC1CN(c2cnnc(Cl)c2)CC(C)N1C. The normalized spacial score (nSPS) is 27.1. The van der Waals surface area contributed by atoms with Gasteiger partial charge in [0.25, 0.3) is 0 Å². The van der Waals surface area contributed by atoms with E-state index in [-0.39, 0.29) is 0 Å². The lowest BCUT2D eigenvalue weighted by molar-refractivity contribution is 0.170. The van der Waals surface area contributed by atoms with Gasteiger partial charge in [-0.2, -0.15) is 5.10 Å². The highest BCUT2D eigenvalue weighted by atomic mass is 35.5. The molecular weight excluding hydrogens is 224 g/mol. The number of piperazine rings is 1. The predicted octanol–water partition coefficient (Wildman–Crippen LogP) is 1.66. The Balaban J connectivity index is 2.17. The van der Waals surface area contributed by atoms with Gasteiger partial charge in [-0.1, -0.05) is 11.6 Å². The van der Waals surface area contributed by atoms with E-state index in [1.54, 1.807) is 6.20 Å². The van der Waals surface area contributed by atoms with E-state index in [4.69, 9.17) is 11.6 Å². The first-order chi connectivity index (χ1) is 7.58. The number of hydrogen-bond donors (Lipinski definition) is 0. The summed E-state index contributed by atoms with van der Waals surface area (Å²) in [5, 5.41) is 8.11. The fourth-order valence-electron chi connectivity index (χ4n) is 2.12. The monoisotopic (exact) mass is 240 g/mol. The highest BCUT2D eigenvalue weighted by molar-refractivity contribution is 6.29. The summed E-state index contributed by atoms with van der Waals surface area (Å²) < 4.78 is 0. The minimum atomic E-state index is 0.455. The second-order valence-electron chi connectivity index (χ2n) is 4.50. The lowest BCUT2D eigenvalue weighted by atomic mass is 10.1. The third-order valence-electron chi connectivity index (χ3n) is 3.34. The Labute approximate surface area is 101 Å². The molecule has 16 heavy (non-hydrogen) atoms. The van der Waals surface area contributed by atoms with Crippen LogP contribution in [0.15, 0.2) is 12.3 Å². The topological polar surface area (TPSA) is 32.3 Å². The third-order valence-corrected chi connectivity index (χ3v) is 3.52. The molecule has 0 aliphatic carbocycles. The van der Waals surface area contributed by atoms with Crippen molar-refractivity contribution in [1.29, 1.82) is 0 Å². The lowest BCUT2D eigenvalue weighted by Gasteiger charge is -2.43. The van der Waals surface area contributed by atoms with Crippen molar-refractivity contribution in [3.05, 3.63) is 17.4 Å². The molecule has 0 spiro atoms. The van der Waals surface area contributed by atoms with Gasteiger partial charge in [0, 0.05) is 31.2 Å². The molecular formula is C11H17ClN4. The first-order valence-corrected chi connectivity index (χ1v) is 5.91. The van der Waals surface area contributed by atoms with Gasteiger partial charge in [0.15, 0.2) is 5.15 Å². The molecule has 2 unspecified atom stereocenters. The van der Waals surface area contributed by atoms with Crippen molar-refractivity contribution in [3.8, 4) is 0 Å². The molecule has 88 valence electrons. The van der Waals surface area contributed by atoms with Crippen LogP contribution in [0.4, 0.5) is 5.69 Å². The molecule has 0 amide bonds. The molecule has 1 aliphatic rings. The minimum absolute atomic E-state index is 0.455. The quantitative estimate of drug-likeness (QED) is 0.748. The maximum atomic E-state index is 5.85. The van der Waals surface area contributed by atoms with E-state index in [2.05, 4.69) is 40.9 Å². The summed E-state index contributed by atoms with van der Waals surface area (Å²) in [6.45, 7) is 6.48. The molecule has 5 heteroatoms. The van der Waals surface area contributed by atoms with Crippen molar-refractivity contribution in [1.82, 2.24) is 15.1 Å². The molecule has 4 nitrogen and oxygen atoms in total. The van der Waals surface area contributed by atoms with Crippen LogP contribution in [0.2, 0.25) is 5.15 Å². The third kappa shape index (κ3) is 2.28. The standard InChI is InChI=1S/C11H17ClN4/c1-8-6-16(7-9(2)15(8)3)10-4-11(12)14-13-5-10/h4-5,8-9H,6-7H2,1-3H3. The van der Waals surface area contributed by atoms with E-state index < -0.39 is 0 Å². The number of anilines is 1. The van der Waals surface area contributed by atoms with E-state index in [9.17, 15) is 0 Å². The smallest absolute Gasteiger partial charge is 0.153 e. The van der Waals surface area contributed by atoms with Crippen LogP contribution in [0.3, 0.4) is 0 Å². The largest absolute Gasteiger partial charge is 0.367 e. The van der Waals surface area contributed by atoms with Crippen molar-refractivity contribution in [2.24, 2.45) is 0 Å². The Morgan fingerprint density at radius 2 is 1.94 bits per heavy atom. The van der Waals surface area contributed by atoms with E-state index in [1.165, 1.54) is 0 Å². The average Bonchev–Trinajstić information content (AvgIpc) is 2.25. The summed E-state index contributed by atoms with van der Waals surface area (Å²) in [5.41, 5.74) is 1.06. The number of halogens is 1. The van der Waals surface area contributed by atoms with Gasteiger partial charge in [-0.15, -0.1) is 5.10 Å². The Kier molecular flexibility index (Phi) is 3.30. The van der Waals surface area contributed by atoms with Gasteiger partial charge >= 0.3 is 0 Å². The molecule has 2 atom stereocenters. The van der Waals surface area contributed by atoms with Crippen LogP contribution in [-0.4, -0.2) is 47.3 Å². The summed E-state index contributed by atoms with van der Waals surface area (Å²) in [6, 6.07) is 2.95. The summed E-state index contributed by atoms with van der Waals surface area (Å²) in [4.78, 5) is 4.71. The van der Waals surface area contributed by atoms with Gasteiger partial charge in [0.05, 0.1) is 11.9 Å². The van der Waals surface area contributed by atoms with Gasteiger partial charge in [0.2, 0.25) is 0 Å². The van der Waals surface area contributed by atoms with Gasteiger partial charge in [-0.05, 0) is 20.9 Å². The fraction of sp³-hybridized carbons (Fsp3) is 0.636. The van der Waals surface area contributed by atoms with Crippen molar-refractivity contribution in [2.45, 2.75) is 25.9 Å². The maximum Gasteiger partial charge on any atom is 0.153 e. The Morgan fingerprint density at radius 3 is 2.50 bits per heavy atom. The molecule has 0 bridgehead atoms. The summed E-state index contributed by atoms with van der Waals surface area (Å²) in [6.07, 6.45) is 1.77. The molecule has 1 fully saturated rings. The highest BCUT2D eigenvalue weighted by Gasteiger charge is 2.26. The summed E-state index contributed by atoms with van der Waals surface area (Å²) in [7, 11) is 2.17. The zero-order valence-electron chi connectivity index (χ0n) is 9.89. The van der Waals surface area contributed by atoms with Crippen LogP contribution in [0.5, 0.6) is 0 Å². The van der Waals surface area contributed by atoms with Crippen LogP contribution < -0.4 is 4.90 Å². The first-order valence-electron chi connectivity index (χ1n) is 5.53. The maximum absolute atomic E-state index is 5.85. The number of hydrogen-bond acceptors (Lipinski definition) is 4. The molecule has 2 heterocycles. The van der Waals surface area contributed by atoms with Gasteiger partial charge in [-0.25, -0.2) is 0 Å². The summed E-state index contributed by atoms with van der Waals surface area (Å²) in [5.74, 6) is 0. The van der Waals surface area contributed by atoms with Crippen molar-refractivity contribution < 1.29 is 0 Å². The molecule has 0 saturated carbocycles. The number of rotatable bonds is 1. The number of aromatic nitrogens is 2. The molecule has 1 aromatic heterocycles. The molecule has 1 aliphatic heterocycles. The fourth-order valence-corrected chi connectivity index (χ4v) is 2.27. The lowest BCUT2D eigenvalue weighted by Crippen LogP contribution is -2.55. The highest BCUT2D eigenvalue weighted by Crippen LogP contribution is 2.21. The Hall–Kier alpha value is -0.870. The van der Waals surface area contributed by atoms with Crippen LogP contribution in [0.1, 0.15) is 13.8 Å². The summed E-state index contributed by atoms with van der Waals surface area (Å²) >= 11 is 5.85. The van der Waals surface area contributed by atoms with E-state index in [0.29, 0.717) is 17.2 Å². The zero-order chi connectivity index (χ0) is 11.7. The van der Waals surface area contributed by atoms with Crippen LogP contribution in [0, 0.1) is 0 Å². The molecule has 0 N–H and O–H groups in total. The first kappa shape index (κ1) is 11.6. The van der Waals surface area contributed by atoms with Crippen molar-refractivity contribution in [3.63, 3.8) is 0 Å². The molecule has 0 aromatic carbocycles. The Bertz CT molecular complexity index is 359. The molecule has 0 radical (unpaired) electrons. The molecule has 1 aromatic rings. The Morgan fingerprint density at radius 1 is 1.31 bits per heavy atom. The number of nitrogens with zero attached hydrogens (tertiary/aromatic N) is 4. The van der Waals surface area contributed by atoms with Crippen LogP contribution in [-0.2, 0) is 0 Å². The number of likely N-dealkylation sites (N-methyl/N-ethyl adjacent to an activating group) is 1. The van der Waals surface area contributed by atoms with Gasteiger partial charge < -0.3 is 4.90 Å². The molecule has 2 rings (SSSR count). The van der Waals surface area contributed by atoms with Crippen molar-refractivity contribution in [2.75, 3.05) is 25.0 Å². The van der Waals surface area contributed by atoms with E-state index in [1.807, 2.05) is 6.07 Å². The predicted molar refractivity (Wildman–Crippen MR) is 65.9 cm³/mol. The van der Waals surface area contributed by atoms with Gasteiger partial charge in [-0.3, -0.25) is 4.90 Å². The van der Waals surface area contributed by atoms with E-state index >= 15 is 0 Å². The second kappa shape index (κ2) is 4.55. The molecule has 1 saturated heterocycles. The minimum Gasteiger partial charge on any atom is -0.367 e. The van der Waals surface area contributed by atoms with Crippen molar-refractivity contribution >= 4 is 17.3 Å². The second-order valence-corrected chi connectivity index (χ2v) is 4.89.